The lowest BCUT2D eigenvalue weighted by Gasteiger charge is -2.15. The minimum atomic E-state index is -0.845. The first-order chi connectivity index (χ1) is 8.16. The van der Waals surface area contributed by atoms with Crippen LogP contribution in [0.25, 0.3) is 0 Å². The molecule has 0 heterocycles. The van der Waals surface area contributed by atoms with Gasteiger partial charge in [-0.1, -0.05) is 6.42 Å². The molecule has 1 fully saturated rings. The van der Waals surface area contributed by atoms with Crippen LogP contribution < -0.4 is 5.32 Å². The topological polar surface area (TPSA) is 75.6 Å². The standard InChI is InChI=1S/C12H21NO4/c1-17-8-3-2-7-13-11(14)9-5-4-6-10(9)12(15)16/h9-10H,2-8H2,1H3,(H,13,14)(H,15,16). The van der Waals surface area contributed by atoms with E-state index >= 15 is 0 Å². The monoisotopic (exact) mass is 243 g/mol. The van der Waals surface area contributed by atoms with Gasteiger partial charge in [-0.15, -0.1) is 0 Å². The van der Waals surface area contributed by atoms with Crippen molar-refractivity contribution in [1.82, 2.24) is 5.32 Å². The maximum Gasteiger partial charge on any atom is 0.307 e. The van der Waals surface area contributed by atoms with E-state index in [-0.39, 0.29) is 11.8 Å². The van der Waals surface area contributed by atoms with Gasteiger partial charge in [0, 0.05) is 20.3 Å². The van der Waals surface area contributed by atoms with Crippen molar-refractivity contribution in [2.45, 2.75) is 32.1 Å². The Bertz CT molecular complexity index is 267. The molecule has 2 unspecified atom stereocenters. The van der Waals surface area contributed by atoms with Crippen molar-refractivity contribution in [3.05, 3.63) is 0 Å². The normalized spacial score (nSPS) is 23.6. The second kappa shape index (κ2) is 7.27. The molecule has 1 aliphatic carbocycles. The zero-order valence-electron chi connectivity index (χ0n) is 10.3. The second-order valence-corrected chi connectivity index (χ2v) is 4.47. The number of amides is 1. The third-order valence-corrected chi connectivity index (χ3v) is 3.24. The second-order valence-electron chi connectivity index (χ2n) is 4.47. The highest BCUT2D eigenvalue weighted by atomic mass is 16.5. The van der Waals surface area contributed by atoms with Gasteiger partial charge in [0.1, 0.15) is 0 Å². The maximum atomic E-state index is 11.8. The van der Waals surface area contributed by atoms with Crippen molar-refractivity contribution in [3.8, 4) is 0 Å². The molecule has 1 saturated carbocycles. The number of hydrogen-bond acceptors (Lipinski definition) is 3. The molecule has 5 heteroatoms. The number of carbonyl (C=O) groups excluding carboxylic acids is 1. The van der Waals surface area contributed by atoms with Crippen LogP contribution in [0.4, 0.5) is 0 Å². The molecule has 2 atom stereocenters. The smallest absolute Gasteiger partial charge is 0.307 e. The van der Waals surface area contributed by atoms with Crippen LogP contribution in [0.5, 0.6) is 0 Å². The Balaban J connectivity index is 2.25. The molecule has 1 rings (SSSR count). The first kappa shape index (κ1) is 14.0. The fourth-order valence-electron chi connectivity index (χ4n) is 2.28. The number of carbonyl (C=O) groups is 2. The van der Waals surface area contributed by atoms with E-state index in [2.05, 4.69) is 5.32 Å². The molecular formula is C12H21NO4. The summed E-state index contributed by atoms with van der Waals surface area (Å²) in [6.07, 6.45) is 3.92. The van der Waals surface area contributed by atoms with E-state index in [9.17, 15) is 9.59 Å². The van der Waals surface area contributed by atoms with E-state index in [1.807, 2.05) is 0 Å². The fourth-order valence-corrected chi connectivity index (χ4v) is 2.28. The molecule has 5 nitrogen and oxygen atoms in total. The number of unbranched alkanes of at least 4 members (excludes halogenated alkanes) is 1. The Morgan fingerprint density at radius 2 is 2.00 bits per heavy atom. The van der Waals surface area contributed by atoms with Crippen molar-refractivity contribution in [2.24, 2.45) is 11.8 Å². The van der Waals surface area contributed by atoms with Gasteiger partial charge in [-0.05, 0) is 25.7 Å². The maximum absolute atomic E-state index is 11.8. The summed E-state index contributed by atoms with van der Waals surface area (Å²) in [6, 6.07) is 0. The zero-order chi connectivity index (χ0) is 12.7. The molecule has 0 aromatic carbocycles. The van der Waals surface area contributed by atoms with Crippen LogP contribution in [0, 0.1) is 11.8 Å². The number of methoxy groups -OCH3 is 1. The summed E-state index contributed by atoms with van der Waals surface area (Å²) in [6.45, 7) is 1.29. The Morgan fingerprint density at radius 1 is 1.29 bits per heavy atom. The number of aliphatic carboxylic acids is 1. The van der Waals surface area contributed by atoms with E-state index < -0.39 is 11.9 Å². The molecule has 0 aromatic rings. The summed E-state index contributed by atoms with van der Waals surface area (Å²) in [5, 5.41) is 11.8. The molecular weight excluding hydrogens is 222 g/mol. The van der Waals surface area contributed by atoms with Crippen molar-refractivity contribution in [3.63, 3.8) is 0 Å². The average Bonchev–Trinajstić information content (AvgIpc) is 2.77. The van der Waals surface area contributed by atoms with E-state index in [1.165, 1.54) is 0 Å². The van der Waals surface area contributed by atoms with Crippen molar-refractivity contribution in [2.75, 3.05) is 20.3 Å². The van der Waals surface area contributed by atoms with Crippen LogP contribution in [-0.4, -0.2) is 37.2 Å². The minimum absolute atomic E-state index is 0.104. The predicted molar refractivity (Wildman–Crippen MR) is 62.6 cm³/mol. The molecule has 98 valence electrons. The van der Waals surface area contributed by atoms with E-state index in [0.717, 1.165) is 19.3 Å². The first-order valence-corrected chi connectivity index (χ1v) is 6.16. The van der Waals surface area contributed by atoms with Gasteiger partial charge in [-0.3, -0.25) is 9.59 Å². The van der Waals surface area contributed by atoms with E-state index in [1.54, 1.807) is 7.11 Å². The minimum Gasteiger partial charge on any atom is -0.481 e. The van der Waals surface area contributed by atoms with Crippen molar-refractivity contribution < 1.29 is 19.4 Å². The third-order valence-electron chi connectivity index (χ3n) is 3.24. The summed E-state index contributed by atoms with van der Waals surface area (Å²) in [5.74, 6) is -1.78. The van der Waals surface area contributed by atoms with Crippen LogP contribution in [0.1, 0.15) is 32.1 Å². The highest BCUT2D eigenvalue weighted by Gasteiger charge is 2.37. The Hall–Kier alpha value is -1.10. The summed E-state index contributed by atoms with van der Waals surface area (Å²) in [7, 11) is 1.65. The lowest BCUT2D eigenvalue weighted by atomic mass is 9.95. The Labute approximate surface area is 102 Å². The number of rotatable bonds is 7. The Morgan fingerprint density at radius 3 is 2.65 bits per heavy atom. The predicted octanol–water partition coefficient (Wildman–Crippen LogP) is 1.03. The zero-order valence-corrected chi connectivity index (χ0v) is 10.3. The van der Waals surface area contributed by atoms with Gasteiger partial charge in [0.15, 0.2) is 0 Å². The van der Waals surface area contributed by atoms with Crippen molar-refractivity contribution in [1.29, 1.82) is 0 Å². The molecule has 0 bridgehead atoms. The number of carboxylic acid groups (broad SMARTS) is 1. The molecule has 1 aliphatic rings. The highest BCUT2D eigenvalue weighted by Crippen LogP contribution is 2.31. The van der Waals surface area contributed by atoms with Gasteiger partial charge in [-0.25, -0.2) is 0 Å². The van der Waals surface area contributed by atoms with Gasteiger partial charge in [0.25, 0.3) is 0 Å². The third kappa shape index (κ3) is 4.34. The summed E-state index contributed by atoms with van der Waals surface area (Å²) < 4.78 is 4.91. The van der Waals surface area contributed by atoms with Crippen molar-refractivity contribution >= 4 is 11.9 Å². The summed E-state index contributed by atoms with van der Waals surface area (Å²) >= 11 is 0. The summed E-state index contributed by atoms with van der Waals surface area (Å²) in [4.78, 5) is 22.7. The lowest BCUT2D eigenvalue weighted by Crippen LogP contribution is -2.35. The average molecular weight is 243 g/mol. The number of nitrogens with one attached hydrogen (secondary N) is 1. The molecule has 1 amide bonds. The SMILES string of the molecule is COCCCCNC(=O)C1CCCC1C(=O)O. The molecule has 0 radical (unpaired) electrons. The van der Waals surface area contributed by atoms with Gasteiger partial charge >= 0.3 is 5.97 Å². The van der Waals surface area contributed by atoms with Crippen LogP contribution >= 0.6 is 0 Å². The van der Waals surface area contributed by atoms with E-state index in [4.69, 9.17) is 9.84 Å². The van der Waals surface area contributed by atoms with E-state index in [0.29, 0.717) is 26.0 Å². The number of ether oxygens (including phenoxy) is 1. The lowest BCUT2D eigenvalue weighted by molar-refractivity contribution is -0.146. The van der Waals surface area contributed by atoms with Gasteiger partial charge in [-0.2, -0.15) is 0 Å². The number of hydrogen-bond donors (Lipinski definition) is 2. The molecule has 17 heavy (non-hydrogen) atoms. The first-order valence-electron chi connectivity index (χ1n) is 6.16. The number of carboxylic acids is 1. The highest BCUT2D eigenvalue weighted by molar-refractivity contribution is 5.85. The summed E-state index contributed by atoms with van der Waals surface area (Å²) in [5.41, 5.74) is 0. The Kier molecular flexibility index (Phi) is 5.97. The van der Waals surface area contributed by atoms with Crippen LogP contribution in [0.15, 0.2) is 0 Å². The fraction of sp³-hybridized carbons (Fsp3) is 0.833. The largest absolute Gasteiger partial charge is 0.481 e. The van der Waals surface area contributed by atoms with Gasteiger partial charge < -0.3 is 15.2 Å². The molecule has 2 N–H and O–H groups in total. The van der Waals surface area contributed by atoms with Gasteiger partial charge in [0.2, 0.25) is 5.91 Å². The van der Waals surface area contributed by atoms with Crippen LogP contribution in [0.2, 0.25) is 0 Å². The van der Waals surface area contributed by atoms with Crippen LogP contribution in [-0.2, 0) is 14.3 Å². The molecule has 0 aliphatic heterocycles. The molecule has 0 aromatic heterocycles. The molecule has 0 saturated heterocycles. The van der Waals surface area contributed by atoms with Crippen LogP contribution in [0.3, 0.4) is 0 Å². The molecule has 0 spiro atoms. The quantitative estimate of drug-likeness (QED) is 0.655. The van der Waals surface area contributed by atoms with Gasteiger partial charge in [0.05, 0.1) is 11.8 Å².